The van der Waals surface area contributed by atoms with Crippen molar-refractivity contribution >= 4 is 11.3 Å². The van der Waals surface area contributed by atoms with Crippen LogP contribution in [0.25, 0.3) is 0 Å². The predicted molar refractivity (Wildman–Crippen MR) is 50.1 cm³/mol. The Morgan fingerprint density at radius 1 is 1.44 bits per heavy atom. The van der Waals surface area contributed by atoms with Gasteiger partial charge in [0.1, 0.15) is 23.5 Å². The molecule has 2 heterocycles. The van der Waals surface area contributed by atoms with Gasteiger partial charge in [-0.05, 0) is 10.4 Å². The summed E-state index contributed by atoms with van der Waals surface area (Å²) in [5.74, 6) is 0. The van der Waals surface area contributed by atoms with Crippen molar-refractivity contribution in [2.45, 2.75) is 18.6 Å². The fraction of sp³-hybridized carbons (Fsp3) is 0.429. The van der Waals surface area contributed by atoms with Gasteiger partial charge in [0.15, 0.2) is 0 Å². The third-order valence-electron chi connectivity index (χ3n) is 1.94. The normalized spacial score (nSPS) is 15.2. The van der Waals surface area contributed by atoms with Crippen LogP contribution in [0.5, 0.6) is 0 Å². The largest absolute Gasteiger partial charge is 0.384 e. The molecule has 0 spiro atoms. The number of nitrogens with zero attached hydrogens (tertiary/aromatic N) is 5. The van der Waals surface area contributed by atoms with Crippen LogP contribution in [0.1, 0.15) is 11.0 Å². The van der Waals surface area contributed by atoms with E-state index in [-0.39, 0.29) is 0 Å². The Bertz CT molecular complexity index is 386. The van der Waals surface area contributed by atoms with E-state index >= 15 is 0 Å². The maximum atomic E-state index is 12.5. The lowest BCUT2D eigenvalue weighted by atomic mass is 10.2. The molecule has 0 aliphatic rings. The molecule has 0 aliphatic heterocycles. The van der Waals surface area contributed by atoms with Crippen LogP contribution in [0.2, 0.25) is 0 Å². The van der Waals surface area contributed by atoms with Gasteiger partial charge in [-0.15, -0.1) is 16.4 Å². The predicted octanol–water partition coefficient (Wildman–Crippen LogP) is 0.345. The third-order valence-corrected chi connectivity index (χ3v) is 2.78. The second-order valence-electron chi connectivity index (χ2n) is 2.93. The molecule has 2 aromatic heterocycles. The van der Waals surface area contributed by atoms with Crippen LogP contribution in [-0.2, 0) is 0 Å². The molecule has 0 bridgehead atoms. The second-order valence-corrected chi connectivity index (χ2v) is 3.86. The lowest BCUT2D eigenvalue weighted by Gasteiger charge is -2.19. The topological polar surface area (TPSA) is 76.7 Å². The summed E-state index contributed by atoms with van der Waals surface area (Å²) in [6.07, 6.45) is -2.15. The first-order valence-electron chi connectivity index (χ1n) is 4.28. The van der Waals surface area contributed by atoms with Gasteiger partial charge < -0.3 is 5.11 Å². The van der Waals surface area contributed by atoms with Crippen molar-refractivity contribution in [1.82, 2.24) is 25.2 Å². The first-order chi connectivity index (χ1) is 7.70. The summed E-state index contributed by atoms with van der Waals surface area (Å²) in [4.78, 5) is 3.88. The molecule has 0 aromatic carbocycles. The lowest BCUT2D eigenvalue weighted by Crippen LogP contribution is -2.31. The molecule has 0 aliphatic carbocycles. The summed E-state index contributed by atoms with van der Waals surface area (Å²) in [7, 11) is 0. The monoisotopic (exact) mass is 247 g/mol. The van der Waals surface area contributed by atoms with Crippen molar-refractivity contribution in [2.24, 2.45) is 0 Å². The molecule has 1 N–H and O–H groups in total. The molecule has 16 heavy (non-hydrogen) atoms. The average molecular weight is 247 g/mol. The van der Waals surface area contributed by atoms with Crippen molar-refractivity contribution in [3.63, 3.8) is 0 Å². The fourth-order valence-electron chi connectivity index (χ4n) is 1.23. The summed E-state index contributed by atoms with van der Waals surface area (Å²) in [6.45, 7) is 0. The van der Waals surface area contributed by atoms with E-state index in [1.807, 2.05) is 0 Å². The van der Waals surface area contributed by atoms with Gasteiger partial charge >= 0.3 is 0 Å². The number of aromatic nitrogens is 5. The molecule has 0 fully saturated rings. The van der Waals surface area contributed by atoms with E-state index in [4.69, 9.17) is 0 Å². The van der Waals surface area contributed by atoms with Crippen LogP contribution < -0.4 is 0 Å². The number of tetrazole rings is 1. The zero-order chi connectivity index (χ0) is 11.5. The van der Waals surface area contributed by atoms with E-state index in [0.717, 1.165) is 22.3 Å². The summed E-state index contributed by atoms with van der Waals surface area (Å²) >= 11 is 1.15. The lowest BCUT2D eigenvalue weighted by molar-refractivity contribution is -0.0284. The van der Waals surface area contributed by atoms with E-state index in [2.05, 4.69) is 20.5 Å². The number of aliphatic hydroxyl groups is 1. The first-order valence-corrected chi connectivity index (χ1v) is 5.16. The van der Waals surface area contributed by atoms with Gasteiger partial charge in [-0.1, -0.05) is 0 Å². The van der Waals surface area contributed by atoms with E-state index in [0.29, 0.717) is 5.01 Å². The van der Waals surface area contributed by atoms with Gasteiger partial charge in [0.05, 0.1) is 0 Å². The van der Waals surface area contributed by atoms with Crippen molar-refractivity contribution in [1.29, 1.82) is 0 Å². The summed E-state index contributed by atoms with van der Waals surface area (Å²) in [5.41, 5.74) is 0. The van der Waals surface area contributed by atoms with Crippen LogP contribution in [-0.4, -0.2) is 42.8 Å². The molecule has 2 aromatic rings. The number of rotatable bonds is 4. The summed E-state index contributed by atoms with van der Waals surface area (Å²) < 4.78 is 26.1. The Balaban J connectivity index is 2.34. The zero-order valence-corrected chi connectivity index (χ0v) is 8.63. The molecule has 6 nitrogen and oxygen atoms in total. The Labute approximate surface area is 92.6 Å². The Morgan fingerprint density at radius 2 is 2.25 bits per heavy atom. The standard InChI is InChI=1S/C7H7F2N5OS/c8-6(9)5(15)4(7-10-1-2-16-7)14-3-11-12-13-14/h1-6,15H. The van der Waals surface area contributed by atoms with Crippen molar-refractivity contribution in [2.75, 3.05) is 0 Å². The maximum absolute atomic E-state index is 12.5. The Hall–Kier alpha value is -1.48. The van der Waals surface area contributed by atoms with E-state index in [1.54, 1.807) is 5.38 Å². The van der Waals surface area contributed by atoms with Gasteiger partial charge in [-0.3, -0.25) is 0 Å². The van der Waals surface area contributed by atoms with Gasteiger partial charge in [-0.2, -0.15) is 0 Å². The minimum atomic E-state index is -2.89. The maximum Gasteiger partial charge on any atom is 0.266 e. The van der Waals surface area contributed by atoms with E-state index in [1.165, 1.54) is 6.20 Å². The number of hydrogen-bond acceptors (Lipinski definition) is 6. The average Bonchev–Trinajstić information content (AvgIpc) is 2.89. The van der Waals surface area contributed by atoms with E-state index < -0.39 is 18.6 Å². The minimum absolute atomic E-state index is 0.333. The summed E-state index contributed by atoms with van der Waals surface area (Å²) in [6, 6.07) is -1.06. The SMILES string of the molecule is OC(C(F)F)C(c1nccs1)n1cnnn1. The number of alkyl halides is 2. The molecule has 2 unspecified atom stereocenters. The van der Waals surface area contributed by atoms with Crippen molar-refractivity contribution < 1.29 is 13.9 Å². The third kappa shape index (κ3) is 2.04. The highest BCUT2D eigenvalue weighted by Gasteiger charge is 2.33. The highest BCUT2D eigenvalue weighted by Crippen LogP contribution is 2.26. The van der Waals surface area contributed by atoms with Gasteiger partial charge in [0.25, 0.3) is 6.43 Å². The highest BCUT2D eigenvalue weighted by atomic mass is 32.1. The van der Waals surface area contributed by atoms with E-state index in [9.17, 15) is 13.9 Å². The van der Waals surface area contributed by atoms with Crippen LogP contribution in [0.3, 0.4) is 0 Å². The van der Waals surface area contributed by atoms with Crippen molar-refractivity contribution in [3.05, 3.63) is 22.9 Å². The minimum Gasteiger partial charge on any atom is -0.384 e. The Morgan fingerprint density at radius 3 is 2.75 bits per heavy atom. The van der Waals surface area contributed by atoms with Gasteiger partial charge in [-0.25, -0.2) is 18.4 Å². The fourth-order valence-corrected chi connectivity index (χ4v) is 2.00. The molecule has 2 atom stereocenters. The summed E-state index contributed by atoms with van der Waals surface area (Å²) in [5, 5.41) is 21.6. The number of hydrogen-bond donors (Lipinski definition) is 1. The molecular formula is C7H7F2N5OS. The Kier molecular flexibility index (Phi) is 3.15. The number of thiazole rings is 1. The first kappa shape index (κ1) is 11.0. The molecule has 0 amide bonds. The molecular weight excluding hydrogens is 240 g/mol. The highest BCUT2D eigenvalue weighted by molar-refractivity contribution is 7.09. The van der Waals surface area contributed by atoms with Gasteiger partial charge in [0.2, 0.25) is 0 Å². The molecule has 0 saturated heterocycles. The van der Waals surface area contributed by atoms with Crippen LogP contribution in [0.4, 0.5) is 8.78 Å². The molecule has 0 radical (unpaired) electrons. The smallest absolute Gasteiger partial charge is 0.266 e. The zero-order valence-electron chi connectivity index (χ0n) is 7.81. The number of halogens is 2. The molecule has 0 saturated carbocycles. The van der Waals surface area contributed by atoms with Crippen molar-refractivity contribution in [3.8, 4) is 0 Å². The van der Waals surface area contributed by atoms with Crippen LogP contribution in [0.15, 0.2) is 17.9 Å². The molecule has 86 valence electrons. The van der Waals surface area contributed by atoms with Gasteiger partial charge in [0, 0.05) is 11.6 Å². The molecule has 2 rings (SSSR count). The second kappa shape index (κ2) is 4.58. The van der Waals surface area contributed by atoms with Crippen LogP contribution in [0, 0.1) is 0 Å². The quantitative estimate of drug-likeness (QED) is 0.843. The number of aliphatic hydroxyl groups excluding tert-OH is 1. The molecule has 9 heteroatoms. The van der Waals surface area contributed by atoms with Crippen LogP contribution >= 0.6 is 11.3 Å².